The van der Waals surface area contributed by atoms with Crippen LogP contribution in [0.25, 0.3) is 0 Å². The van der Waals surface area contributed by atoms with Gasteiger partial charge in [0.2, 0.25) is 0 Å². The van der Waals surface area contributed by atoms with Crippen LogP contribution in [0.15, 0.2) is 41.0 Å². The van der Waals surface area contributed by atoms with Crippen LogP contribution in [0.3, 0.4) is 0 Å². The fraction of sp³-hybridized carbons (Fsp3) is 0.294. The lowest BCUT2D eigenvalue weighted by atomic mass is 10.1. The van der Waals surface area contributed by atoms with Crippen LogP contribution >= 0.6 is 27.5 Å². The molecule has 0 unspecified atom stereocenters. The smallest absolute Gasteiger partial charge is 0.353 e. The number of benzene rings is 1. The van der Waals surface area contributed by atoms with Crippen LogP contribution in [-0.4, -0.2) is 42.0 Å². The maximum absolute atomic E-state index is 12.6. The highest BCUT2D eigenvalue weighted by Gasteiger charge is 2.31. The summed E-state index contributed by atoms with van der Waals surface area (Å²) in [5.74, 6) is 0.293. The summed E-state index contributed by atoms with van der Waals surface area (Å²) in [6, 6.07) is 7.45. The quantitative estimate of drug-likeness (QED) is 0.680. The summed E-state index contributed by atoms with van der Waals surface area (Å²) < 4.78 is 38.6. The van der Waals surface area contributed by atoms with Gasteiger partial charge in [-0.15, -0.1) is 0 Å². The zero-order valence-electron chi connectivity index (χ0n) is 13.4. The third kappa shape index (κ3) is 4.12. The Labute approximate surface area is 161 Å². The molecule has 1 saturated heterocycles. The van der Waals surface area contributed by atoms with Crippen molar-refractivity contribution in [2.24, 2.45) is 0 Å². The average molecular weight is 449 g/mol. The van der Waals surface area contributed by atoms with Gasteiger partial charge in [-0.1, -0.05) is 27.5 Å². The number of carbonyl (C=O) groups is 1. The van der Waals surface area contributed by atoms with E-state index in [2.05, 4.69) is 20.9 Å². The summed E-state index contributed by atoms with van der Waals surface area (Å²) in [4.78, 5) is 20.1. The predicted molar refractivity (Wildman–Crippen MR) is 96.5 cm³/mol. The highest BCUT2D eigenvalue weighted by Crippen LogP contribution is 2.29. The number of nitrogens with zero attached hydrogens (tertiary/aromatic N) is 3. The zero-order valence-corrected chi connectivity index (χ0v) is 15.8. The maximum Gasteiger partial charge on any atom is 0.417 e. The van der Waals surface area contributed by atoms with Crippen LogP contribution < -0.4 is 4.90 Å². The Morgan fingerprint density at radius 3 is 2.38 bits per heavy atom. The van der Waals surface area contributed by atoms with Crippen LogP contribution in [0.5, 0.6) is 0 Å². The molecule has 1 aromatic heterocycles. The first kappa shape index (κ1) is 19.0. The number of pyridine rings is 1. The number of carbonyl (C=O) groups excluding carboxylic acids is 1. The van der Waals surface area contributed by atoms with Crippen molar-refractivity contribution in [1.82, 2.24) is 9.88 Å². The number of anilines is 1. The highest BCUT2D eigenvalue weighted by molar-refractivity contribution is 9.10. The van der Waals surface area contributed by atoms with Crippen molar-refractivity contribution in [3.8, 4) is 0 Å². The second-order valence-electron chi connectivity index (χ2n) is 5.81. The van der Waals surface area contributed by atoms with E-state index in [1.165, 1.54) is 6.07 Å². The van der Waals surface area contributed by atoms with Gasteiger partial charge in [-0.05, 0) is 30.3 Å². The standard InChI is InChI=1S/C17H14BrClF3N3O/c18-12-2-3-14(19)13(9-12)16(26)25-7-5-24(6-8-25)15-4-1-11(10-23-15)17(20,21)22/h1-4,9-10H,5-8H2. The fourth-order valence-corrected chi connectivity index (χ4v) is 3.27. The summed E-state index contributed by atoms with van der Waals surface area (Å²) in [6.45, 7) is 1.83. The Kier molecular flexibility index (Phi) is 5.43. The molecule has 0 aliphatic carbocycles. The number of piperazine rings is 1. The number of hydrogen-bond acceptors (Lipinski definition) is 3. The van der Waals surface area contributed by atoms with Crippen molar-refractivity contribution in [3.63, 3.8) is 0 Å². The monoisotopic (exact) mass is 447 g/mol. The highest BCUT2D eigenvalue weighted by atomic mass is 79.9. The van der Waals surface area contributed by atoms with Crippen LogP contribution in [-0.2, 0) is 6.18 Å². The van der Waals surface area contributed by atoms with E-state index in [-0.39, 0.29) is 5.91 Å². The molecule has 26 heavy (non-hydrogen) atoms. The van der Waals surface area contributed by atoms with E-state index >= 15 is 0 Å². The van der Waals surface area contributed by atoms with Gasteiger partial charge in [0, 0.05) is 36.8 Å². The van der Waals surface area contributed by atoms with E-state index in [4.69, 9.17) is 11.6 Å². The minimum atomic E-state index is -4.40. The third-order valence-corrected chi connectivity index (χ3v) is 4.95. The van der Waals surface area contributed by atoms with Crippen LogP contribution in [0.2, 0.25) is 5.02 Å². The molecule has 0 bridgehead atoms. The Bertz CT molecular complexity index is 806. The van der Waals surface area contributed by atoms with Crippen molar-refractivity contribution in [1.29, 1.82) is 0 Å². The van der Waals surface area contributed by atoms with Gasteiger partial charge in [0.1, 0.15) is 5.82 Å². The molecule has 138 valence electrons. The molecule has 1 amide bonds. The molecule has 1 fully saturated rings. The summed E-state index contributed by atoms with van der Waals surface area (Å²) in [5.41, 5.74) is -0.360. The van der Waals surface area contributed by atoms with Gasteiger partial charge in [0.05, 0.1) is 16.1 Å². The van der Waals surface area contributed by atoms with E-state index in [0.29, 0.717) is 42.6 Å². The molecular weight excluding hydrogens is 435 g/mol. The fourth-order valence-electron chi connectivity index (χ4n) is 2.71. The van der Waals surface area contributed by atoms with Crippen LogP contribution in [0.1, 0.15) is 15.9 Å². The molecule has 4 nitrogen and oxygen atoms in total. The molecule has 2 heterocycles. The number of amides is 1. The number of rotatable bonds is 2. The van der Waals surface area contributed by atoms with Gasteiger partial charge < -0.3 is 9.80 Å². The van der Waals surface area contributed by atoms with E-state index in [9.17, 15) is 18.0 Å². The molecule has 2 aromatic rings. The minimum absolute atomic E-state index is 0.170. The van der Waals surface area contributed by atoms with Gasteiger partial charge >= 0.3 is 6.18 Å². The van der Waals surface area contributed by atoms with Crippen LogP contribution in [0, 0.1) is 0 Å². The van der Waals surface area contributed by atoms with Gasteiger partial charge in [0.15, 0.2) is 0 Å². The Morgan fingerprint density at radius 1 is 1.12 bits per heavy atom. The van der Waals surface area contributed by atoms with E-state index < -0.39 is 11.7 Å². The van der Waals surface area contributed by atoms with Gasteiger partial charge in [-0.3, -0.25) is 4.79 Å². The van der Waals surface area contributed by atoms with Crippen LogP contribution in [0.4, 0.5) is 19.0 Å². The first-order valence-electron chi connectivity index (χ1n) is 7.78. The van der Waals surface area contributed by atoms with E-state index in [1.54, 1.807) is 23.1 Å². The lowest BCUT2D eigenvalue weighted by Gasteiger charge is -2.35. The average Bonchev–Trinajstić information content (AvgIpc) is 2.63. The first-order chi connectivity index (χ1) is 12.3. The molecule has 0 saturated carbocycles. The molecular formula is C17H14BrClF3N3O. The van der Waals surface area contributed by atoms with Crippen molar-refractivity contribution in [3.05, 3.63) is 57.2 Å². The van der Waals surface area contributed by atoms with Gasteiger partial charge in [0.25, 0.3) is 5.91 Å². The number of alkyl halides is 3. The Balaban J connectivity index is 1.65. The third-order valence-electron chi connectivity index (χ3n) is 4.12. The SMILES string of the molecule is O=C(c1cc(Br)ccc1Cl)N1CCN(c2ccc(C(F)(F)F)cn2)CC1. The number of aromatic nitrogens is 1. The number of hydrogen-bond donors (Lipinski definition) is 0. The lowest BCUT2D eigenvalue weighted by Crippen LogP contribution is -2.49. The Morgan fingerprint density at radius 2 is 1.81 bits per heavy atom. The molecule has 1 aliphatic rings. The molecule has 9 heteroatoms. The topological polar surface area (TPSA) is 36.4 Å². The van der Waals surface area contributed by atoms with E-state index in [0.717, 1.165) is 16.7 Å². The van der Waals surface area contributed by atoms with Crippen molar-refractivity contribution >= 4 is 39.3 Å². The molecule has 1 aliphatic heterocycles. The second-order valence-corrected chi connectivity index (χ2v) is 7.13. The minimum Gasteiger partial charge on any atom is -0.353 e. The molecule has 0 radical (unpaired) electrons. The Hall–Kier alpha value is -1.80. The van der Waals surface area contributed by atoms with Gasteiger partial charge in [-0.2, -0.15) is 13.2 Å². The molecule has 1 aromatic carbocycles. The number of halogens is 5. The summed E-state index contributed by atoms with van der Waals surface area (Å²) in [6.07, 6.45) is -3.58. The van der Waals surface area contributed by atoms with Crippen molar-refractivity contribution in [2.75, 3.05) is 31.1 Å². The summed E-state index contributed by atoms with van der Waals surface area (Å²) in [7, 11) is 0. The molecule has 0 spiro atoms. The van der Waals surface area contributed by atoms with Crippen molar-refractivity contribution < 1.29 is 18.0 Å². The zero-order chi connectivity index (χ0) is 18.9. The largest absolute Gasteiger partial charge is 0.417 e. The normalized spacial score (nSPS) is 15.3. The predicted octanol–water partition coefficient (Wildman–Crippen LogP) is 4.48. The maximum atomic E-state index is 12.6. The summed E-state index contributed by atoms with van der Waals surface area (Å²) in [5, 5.41) is 0.380. The van der Waals surface area contributed by atoms with Gasteiger partial charge in [-0.25, -0.2) is 4.98 Å². The molecule has 0 N–H and O–H groups in total. The first-order valence-corrected chi connectivity index (χ1v) is 8.95. The second kappa shape index (κ2) is 7.44. The lowest BCUT2D eigenvalue weighted by molar-refractivity contribution is -0.137. The summed E-state index contributed by atoms with van der Waals surface area (Å²) >= 11 is 9.43. The van der Waals surface area contributed by atoms with E-state index in [1.807, 2.05) is 4.90 Å². The van der Waals surface area contributed by atoms with Crippen molar-refractivity contribution in [2.45, 2.75) is 6.18 Å². The molecule has 3 rings (SSSR count). The molecule has 0 atom stereocenters.